The van der Waals surface area contributed by atoms with E-state index in [9.17, 15) is 4.79 Å². The van der Waals surface area contributed by atoms with Gasteiger partial charge in [0.2, 0.25) is 0 Å². The summed E-state index contributed by atoms with van der Waals surface area (Å²) in [5, 5.41) is 10.3. The van der Waals surface area contributed by atoms with E-state index in [-0.39, 0.29) is 5.91 Å². The molecule has 0 aliphatic heterocycles. The van der Waals surface area contributed by atoms with Crippen LogP contribution >= 0.6 is 11.3 Å². The maximum absolute atomic E-state index is 11.7. The highest BCUT2D eigenvalue weighted by Gasteiger charge is 2.10. The third-order valence-electron chi connectivity index (χ3n) is 2.28. The average Bonchev–Trinajstić information content (AvgIpc) is 2.90. The number of carbonyl (C=O) groups is 1. The van der Waals surface area contributed by atoms with E-state index in [4.69, 9.17) is 5.73 Å². The SMILES string of the molecule is Cc1sc(C(=O)NCCn2ccnn2)cc1N. The van der Waals surface area contributed by atoms with Gasteiger partial charge in [0, 0.05) is 23.3 Å². The van der Waals surface area contributed by atoms with Crippen LogP contribution in [0.2, 0.25) is 0 Å². The molecule has 7 heteroatoms. The van der Waals surface area contributed by atoms with Crippen LogP contribution in [-0.4, -0.2) is 27.4 Å². The lowest BCUT2D eigenvalue weighted by atomic mass is 10.3. The molecule has 2 heterocycles. The first kappa shape index (κ1) is 11.6. The molecular formula is C10H13N5OS. The molecule has 2 rings (SSSR count). The summed E-state index contributed by atoms with van der Waals surface area (Å²) in [6.07, 6.45) is 3.35. The molecule has 90 valence electrons. The van der Waals surface area contributed by atoms with E-state index in [2.05, 4.69) is 15.6 Å². The van der Waals surface area contributed by atoms with Crippen molar-refractivity contribution in [1.82, 2.24) is 20.3 Å². The molecule has 0 bridgehead atoms. The molecule has 1 amide bonds. The molecule has 2 aromatic rings. The fourth-order valence-corrected chi connectivity index (χ4v) is 2.19. The summed E-state index contributed by atoms with van der Waals surface area (Å²) in [5.74, 6) is -0.102. The molecule has 0 saturated heterocycles. The van der Waals surface area contributed by atoms with E-state index in [1.54, 1.807) is 23.1 Å². The number of nitrogen functional groups attached to an aromatic ring is 1. The second-order valence-corrected chi connectivity index (χ2v) is 4.80. The summed E-state index contributed by atoms with van der Waals surface area (Å²) in [6.45, 7) is 3.01. The zero-order valence-corrected chi connectivity index (χ0v) is 10.2. The lowest BCUT2D eigenvalue weighted by Crippen LogP contribution is -2.26. The second-order valence-electron chi connectivity index (χ2n) is 3.54. The van der Waals surface area contributed by atoms with Crippen LogP contribution < -0.4 is 11.1 Å². The highest BCUT2D eigenvalue weighted by Crippen LogP contribution is 2.22. The van der Waals surface area contributed by atoms with Gasteiger partial charge in [-0.05, 0) is 13.0 Å². The zero-order chi connectivity index (χ0) is 12.3. The number of aromatic nitrogens is 3. The van der Waals surface area contributed by atoms with E-state index in [1.165, 1.54) is 11.3 Å². The number of amides is 1. The van der Waals surface area contributed by atoms with Crippen molar-refractivity contribution < 1.29 is 4.79 Å². The molecule has 2 aromatic heterocycles. The largest absolute Gasteiger partial charge is 0.398 e. The minimum atomic E-state index is -0.102. The highest BCUT2D eigenvalue weighted by atomic mass is 32.1. The monoisotopic (exact) mass is 251 g/mol. The molecule has 17 heavy (non-hydrogen) atoms. The highest BCUT2D eigenvalue weighted by molar-refractivity contribution is 7.14. The van der Waals surface area contributed by atoms with Crippen LogP contribution in [0.4, 0.5) is 5.69 Å². The van der Waals surface area contributed by atoms with Gasteiger partial charge in [-0.2, -0.15) is 0 Å². The first-order valence-electron chi connectivity index (χ1n) is 5.15. The Kier molecular flexibility index (Phi) is 3.38. The number of hydrogen-bond acceptors (Lipinski definition) is 5. The van der Waals surface area contributed by atoms with Gasteiger partial charge in [0.25, 0.3) is 5.91 Å². The molecule has 3 N–H and O–H groups in total. The van der Waals surface area contributed by atoms with Gasteiger partial charge in [0.05, 0.1) is 17.6 Å². The van der Waals surface area contributed by atoms with E-state index >= 15 is 0 Å². The van der Waals surface area contributed by atoms with E-state index < -0.39 is 0 Å². The Morgan fingerprint density at radius 2 is 2.47 bits per heavy atom. The van der Waals surface area contributed by atoms with Gasteiger partial charge in [-0.1, -0.05) is 5.21 Å². The lowest BCUT2D eigenvalue weighted by Gasteiger charge is -2.02. The van der Waals surface area contributed by atoms with Crippen LogP contribution in [-0.2, 0) is 6.54 Å². The first-order chi connectivity index (χ1) is 8.16. The van der Waals surface area contributed by atoms with Gasteiger partial charge < -0.3 is 11.1 Å². The summed E-state index contributed by atoms with van der Waals surface area (Å²) in [6, 6.07) is 1.70. The molecule has 0 radical (unpaired) electrons. The third kappa shape index (κ3) is 2.82. The van der Waals surface area contributed by atoms with E-state index in [1.807, 2.05) is 6.92 Å². The molecule has 0 unspecified atom stereocenters. The van der Waals surface area contributed by atoms with Crippen molar-refractivity contribution in [3.8, 4) is 0 Å². The molecule has 0 aromatic carbocycles. The smallest absolute Gasteiger partial charge is 0.261 e. The van der Waals surface area contributed by atoms with Crippen LogP contribution in [0.1, 0.15) is 14.5 Å². The van der Waals surface area contributed by atoms with Crippen molar-refractivity contribution in [2.24, 2.45) is 0 Å². The summed E-state index contributed by atoms with van der Waals surface area (Å²) in [5.41, 5.74) is 6.36. The molecule has 0 atom stereocenters. The van der Waals surface area contributed by atoms with Gasteiger partial charge in [-0.25, -0.2) is 0 Å². The maximum Gasteiger partial charge on any atom is 0.261 e. The normalized spacial score (nSPS) is 10.4. The summed E-state index contributed by atoms with van der Waals surface area (Å²) < 4.78 is 1.66. The summed E-state index contributed by atoms with van der Waals surface area (Å²) in [7, 11) is 0. The number of anilines is 1. The fourth-order valence-electron chi connectivity index (χ4n) is 1.33. The number of aryl methyl sites for hydroxylation is 1. The van der Waals surface area contributed by atoms with Crippen molar-refractivity contribution in [2.75, 3.05) is 12.3 Å². The number of thiophene rings is 1. The van der Waals surface area contributed by atoms with Crippen LogP contribution in [0, 0.1) is 6.92 Å². The van der Waals surface area contributed by atoms with Gasteiger partial charge in [0.1, 0.15) is 0 Å². The number of hydrogen-bond donors (Lipinski definition) is 2. The number of carbonyl (C=O) groups excluding carboxylic acids is 1. The zero-order valence-electron chi connectivity index (χ0n) is 9.38. The van der Waals surface area contributed by atoms with Crippen LogP contribution in [0.3, 0.4) is 0 Å². The molecule has 0 saturated carbocycles. The van der Waals surface area contributed by atoms with Crippen LogP contribution in [0.5, 0.6) is 0 Å². The Hall–Kier alpha value is -1.89. The predicted molar refractivity (Wildman–Crippen MR) is 65.8 cm³/mol. The molecule has 6 nitrogen and oxygen atoms in total. The average molecular weight is 251 g/mol. The van der Waals surface area contributed by atoms with E-state index in [0.29, 0.717) is 23.7 Å². The van der Waals surface area contributed by atoms with Crippen molar-refractivity contribution in [1.29, 1.82) is 0 Å². The Bertz CT molecular complexity index is 485. The Morgan fingerprint density at radius 1 is 1.65 bits per heavy atom. The molecule has 0 fully saturated rings. The number of rotatable bonds is 4. The minimum Gasteiger partial charge on any atom is -0.398 e. The Labute approximate surface area is 102 Å². The van der Waals surface area contributed by atoms with Crippen LogP contribution in [0.15, 0.2) is 18.5 Å². The standard InChI is InChI=1S/C10H13N5OS/c1-7-8(11)6-9(17-7)10(16)12-2-4-15-5-3-13-14-15/h3,5-6H,2,4,11H2,1H3,(H,12,16). The van der Waals surface area contributed by atoms with Crippen LogP contribution in [0.25, 0.3) is 0 Å². The molecule has 0 spiro atoms. The summed E-state index contributed by atoms with van der Waals surface area (Å²) in [4.78, 5) is 13.3. The number of nitrogens with one attached hydrogen (secondary N) is 1. The van der Waals surface area contributed by atoms with Crippen molar-refractivity contribution in [3.63, 3.8) is 0 Å². The second kappa shape index (κ2) is 4.96. The van der Waals surface area contributed by atoms with Gasteiger partial charge >= 0.3 is 0 Å². The predicted octanol–water partition coefficient (Wildman–Crippen LogP) is 0.660. The Balaban J connectivity index is 1.85. The van der Waals surface area contributed by atoms with Gasteiger partial charge in [-0.3, -0.25) is 9.48 Å². The Morgan fingerprint density at radius 3 is 3.06 bits per heavy atom. The number of nitrogens with two attached hydrogens (primary N) is 1. The fraction of sp³-hybridized carbons (Fsp3) is 0.300. The molecule has 0 aliphatic carbocycles. The van der Waals surface area contributed by atoms with Gasteiger partial charge in [-0.15, -0.1) is 16.4 Å². The van der Waals surface area contributed by atoms with Crippen molar-refractivity contribution in [2.45, 2.75) is 13.5 Å². The maximum atomic E-state index is 11.7. The minimum absolute atomic E-state index is 0.102. The lowest BCUT2D eigenvalue weighted by molar-refractivity contribution is 0.0956. The molecular weight excluding hydrogens is 238 g/mol. The van der Waals surface area contributed by atoms with Crippen molar-refractivity contribution >= 4 is 22.9 Å². The van der Waals surface area contributed by atoms with Crippen molar-refractivity contribution in [3.05, 3.63) is 28.2 Å². The summed E-state index contributed by atoms with van der Waals surface area (Å²) >= 11 is 1.40. The topological polar surface area (TPSA) is 85.8 Å². The molecule has 0 aliphatic rings. The van der Waals surface area contributed by atoms with E-state index in [0.717, 1.165) is 4.88 Å². The third-order valence-corrected chi connectivity index (χ3v) is 3.34. The van der Waals surface area contributed by atoms with Gasteiger partial charge in [0.15, 0.2) is 0 Å². The number of nitrogens with zero attached hydrogens (tertiary/aromatic N) is 3. The quantitative estimate of drug-likeness (QED) is 0.836. The first-order valence-corrected chi connectivity index (χ1v) is 5.96.